The standard InChI is InChI=1S/C65H100O5/c1-3-5-7-9-11-13-15-17-19-21-22-23-24-25-26-27-28-29-30-31-32-33-34-35-36-37-38-39-40-41-42-44-46-48-50-52-54-56-58-60-65(68)70-63(61-66)62-69-64(67)59-57-55-53-51-49-47-45-43-20-18-16-14-12-10-8-6-4-2/h5,7,11-14,17-20,22-23,25-26,28-29,31-32,34-35,37-38,40-41,44,46,50,52,63,66H,3-4,6,8-10,15-16,21,24,27,30,33,36,39,42-43,45,47-49,51,53-62H2,1-2H3/b7-5-,13-11-,14-12-,19-17-,20-18-,23-22-,26-25-,29-28-,32-31-,35-34-,38-37-,41-40-,46-44-,52-50-. The van der Waals surface area contributed by atoms with Crippen LogP contribution in [0.3, 0.4) is 0 Å². The van der Waals surface area contributed by atoms with Gasteiger partial charge < -0.3 is 14.6 Å². The van der Waals surface area contributed by atoms with Crippen molar-refractivity contribution in [2.45, 2.75) is 213 Å². The van der Waals surface area contributed by atoms with Crippen molar-refractivity contribution in [2.24, 2.45) is 0 Å². The van der Waals surface area contributed by atoms with Crippen LogP contribution in [0.4, 0.5) is 0 Å². The number of aliphatic hydroxyl groups excluding tert-OH is 1. The third-order valence-electron chi connectivity index (χ3n) is 11.0. The Bertz CT molecular complexity index is 1600. The fourth-order valence-corrected chi connectivity index (χ4v) is 6.86. The Balaban J connectivity index is 3.72. The van der Waals surface area contributed by atoms with E-state index in [4.69, 9.17) is 9.47 Å². The van der Waals surface area contributed by atoms with Crippen molar-refractivity contribution in [3.8, 4) is 0 Å². The molecule has 0 fully saturated rings. The van der Waals surface area contributed by atoms with Crippen molar-refractivity contribution >= 4 is 11.9 Å². The number of ether oxygens (including phenoxy) is 2. The van der Waals surface area contributed by atoms with Crippen molar-refractivity contribution < 1.29 is 24.2 Å². The van der Waals surface area contributed by atoms with E-state index in [0.29, 0.717) is 12.8 Å². The zero-order valence-corrected chi connectivity index (χ0v) is 44.5. The Kier molecular flexibility index (Phi) is 54.6. The molecule has 5 heteroatoms. The van der Waals surface area contributed by atoms with Crippen LogP contribution in [-0.4, -0.2) is 36.4 Å². The molecule has 0 bridgehead atoms. The molecule has 0 aromatic carbocycles. The van der Waals surface area contributed by atoms with E-state index in [1.54, 1.807) is 0 Å². The number of hydrogen-bond donors (Lipinski definition) is 1. The van der Waals surface area contributed by atoms with Gasteiger partial charge in [-0.05, 0) is 135 Å². The molecule has 0 aliphatic carbocycles. The van der Waals surface area contributed by atoms with Crippen molar-refractivity contribution in [3.63, 3.8) is 0 Å². The molecule has 0 aromatic heterocycles. The Morgan fingerprint density at radius 3 is 0.957 bits per heavy atom. The van der Waals surface area contributed by atoms with Gasteiger partial charge in [-0.3, -0.25) is 9.59 Å². The maximum absolute atomic E-state index is 12.3. The second kappa shape index (κ2) is 58.6. The number of unbranched alkanes of at least 4 members (excludes halogenated alkanes) is 12. The van der Waals surface area contributed by atoms with Gasteiger partial charge in [0.15, 0.2) is 6.10 Å². The molecule has 0 radical (unpaired) electrons. The van der Waals surface area contributed by atoms with Crippen LogP contribution < -0.4 is 0 Å². The average molecular weight is 962 g/mol. The highest BCUT2D eigenvalue weighted by molar-refractivity contribution is 5.70. The summed E-state index contributed by atoms with van der Waals surface area (Å²) in [5, 5.41) is 9.62. The molecule has 0 rings (SSSR count). The lowest BCUT2D eigenvalue weighted by molar-refractivity contribution is -0.161. The normalized spacial score (nSPS) is 13.6. The molecule has 0 spiro atoms. The summed E-state index contributed by atoms with van der Waals surface area (Å²) in [5.74, 6) is -0.665. The number of carbonyl (C=O) groups excluding carboxylic acids is 2. The van der Waals surface area contributed by atoms with Crippen molar-refractivity contribution in [1.82, 2.24) is 0 Å². The van der Waals surface area contributed by atoms with Crippen molar-refractivity contribution in [1.29, 1.82) is 0 Å². The van der Waals surface area contributed by atoms with Crippen LogP contribution in [0.25, 0.3) is 0 Å². The first-order valence-corrected chi connectivity index (χ1v) is 27.7. The molecule has 1 unspecified atom stereocenters. The van der Waals surface area contributed by atoms with Gasteiger partial charge in [-0.2, -0.15) is 0 Å². The van der Waals surface area contributed by atoms with Gasteiger partial charge in [0, 0.05) is 12.8 Å². The average Bonchev–Trinajstić information content (AvgIpc) is 3.36. The van der Waals surface area contributed by atoms with E-state index in [0.717, 1.165) is 122 Å². The van der Waals surface area contributed by atoms with Crippen molar-refractivity contribution in [3.05, 3.63) is 170 Å². The number of allylic oxidation sites excluding steroid dienone is 28. The number of rotatable bonds is 48. The zero-order chi connectivity index (χ0) is 50.6. The minimum atomic E-state index is -0.812. The smallest absolute Gasteiger partial charge is 0.306 e. The number of aliphatic hydroxyl groups is 1. The van der Waals surface area contributed by atoms with Gasteiger partial charge in [-0.1, -0.05) is 229 Å². The Morgan fingerprint density at radius 2 is 0.614 bits per heavy atom. The van der Waals surface area contributed by atoms with E-state index in [-0.39, 0.29) is 31.6 Å². The number of esters is 2. The largest absolute Gasteiger partial charge is 0.462 e. The monoisotopic (exact) mass is 961 g/mol. The lowest BCUT2D eigenvalue weighted by Gasteiger charge is -2.15. The number of hydrogen-bond acceptors (Lipinski definition) is 5. The molecular formula is C65H100O5. The van der Waals surface area contributed by atoms with E-state index in [1.165, 1.54) is 51.4 Å². The van der Waals surface area contributed by atoms with E-state index >= 15 is 0 Å². The summed E-state index contributed by atoms with van der Waals surface area (Å²) < 4.78 is 10.6. The summed E-state index contributed by atoms with van der Waals surface area (Å²) in [7, 11) is 0. The van der Waals surface area contributed by atoms with Crippen LogP contribution in [0, 0.1) is 0 Å². The summed E-state index contributed by atoms with van der Waals surface area (Å²) in [5.41, 5.74) is 0. The fourth-order valence-electron chi connectivity index (χ4n) is 6.86. The van der Waals surface area contributed by atoms with Crippen molar-refractivity contribution in [2.75, 3.05) is 13.2 Å². The molecule has 70 heavy (non-hydrogen) atoms. The zero-order valence-electron chi connectivity index (χ0n) is 44.5. The highest BCUT2D eigenvalue weighted by Crippen LogP contribution is 2.12. The molecule has 5 nitrogen and oxygen atoms in total. The molecule has 0 heterocycles. The second-order valence-corrected chi connectivity index (χ2v) is 17.6. The summed E-state index contributed by atoms with van der Waals surface area (Å²) in [4.78, 5) is 24.4. The summed E-state index contributed by atoms with van der Waals surface area (Å²) in [6.45, 7) is 3.94. The maximum atomic E-state index is 12.3. The molecule has 1 N–H and O–H groups in total. The molecule has 1 atom stereocenters. The van der Waals surface area contributed by atoms with Crippen LogP contribution >= 0.6 is 0 Å². The Hall–Kier alpha value is -4.74. The Morgan fingerprint density at radius 1 is 0.343 bits per heavy atom. The molecule has 390 valence electrons. The molecule has 0 aromatic rings. The minimum absolute atomic E-state index is 0.0987. The van der Waals surface area contributed by atoms with E-state index in [9.17, 15) is 14.7 Å². The van der Waals surface area contributed by atoms with Crippen LogP contribution in [0.1, 0.15) is 206 Å². The third kappa shape index (κ3) is 55.9. The lowest BCUT2D eigenvalue weighted by atomic mass is 10.1. The third-order valence-corrected chi connectivity index (χ3v) is 11.0. The van der Waals surface area contributed by atoms with E-state index in [1.807, 2.05) is 0 Å². The van der Waals surface area contributed by atoms with E-state index in [2.05, 4.69) is 184 Å². The SMILES string of the molecule is CC/C=C\C/C=C\C/C=C\C/C=C\C/C=C\C/C=C\C/C=C\C/C=C\C/C=C\C/C=C\C/C=C\C/C=C\CCCCC(=O)OC(CO)COC(=O)CCCCCCCCC/C=C\C/C=C\CCCCC. The van der Waals surface area contributed by atoms with Crippen LogP contribution in [0.15, 0.2) is 170 Å². The summed E-state index contributed by atoms with van der Waals surface area (Å²) in [6, 6.07) is 0. The van der Waals surface area contributed by atoms with E-state index < -0.39 is 6.10 Å². The minimum Gasteiger partial charge on any atom is -0.462 e. The second-order valence-electron chi connectivity index (χ2n) is 17.6. The molecule has 0 saturated carbocycles. The Labute approximate surface area is 430 Å². The molecular weight excluding hydrogens is 861 g/mol. The quantitative estimate of drug-likeness (QED) is 0.0374. The fraction of sp³-hybridized carbons (Fsp3) is 0.538. The first-order chi connectivity index (χ1) is 34.6. The topological polar surface area (TPSA) is 72.8 Å². The lowest BCUT2D eigenvalue weighted by Crippen LogP contribution is -2.28. The highest BCUT2D eigenvalue weighted by Gasteiger charge is 2.16. The van der Waals surface area contributed by atoms with Gasteiger partial charge in [0.1, 0.15) is 6.61 Å². The van der Waals surface area contributed by atoms with Crippen LogP contribution in [-0.2, 0) is 19.1 Å². The van der Waals surface area contributed by atoms with Gasteiger partial charge in [0.05, 0.1) is 6.61 Å². The first-order valence-electron chi connectivity index (χ1n) is 27.7. The summed E-state index contributed by atoms with van der Waals surface area (Å²) >= 11 is 0. The molecule has 0 saturated heterocycles. The van der Waals surface area contributed by atoms with Gasteiger partial charge >= 0.3 is 11.9 Å². The van der Waals surface area contributed by atoms with Crippen LogP contribution in [0.2, 0.25) is 0 Å². The van der Waals surface area contributed by atoms with Gasteiger partial charge in [0.2, 0.25) is 0 Å². The molecule has 0 aliphatic heterocycles. The predicted octanol–water partition coefficient (Wildman–Crippen LogP) is 19.0. The first kappa shape index (κ1) is 65.3. The molecule has 0 amide bonds. The summed E-state index contributed by atoms with van der Waals surface area (Å²) in [6.07, 6.45) is 91.7. The van der Waals surface area contributed by atoms with Gasteiger partial charge in [-0.15, -0.1) is 0 Å². The molecule has 0 aliphatic rings. The van der Waals surface area contributed by atoms with Gasteiger partial charge in [-0.25, -0.2) is 0 Å². The van der Waals surface area contributed by atoms with Crippen LogP contribution in [0.5, 0.6) is 0 Å². The number of carbonyl (C=O) groups is 2. The van der Waals surface area contributed by atoms with Gasteiger partial charge in [0.25, 0.3) is 0 Å². The maximum Gasteiger partial charge on any atom is 0.306 e. The predicted molar refractivity (Wildman–Crippen MR) is 306 cm³/mol. The highest BCUT2D eigenvalue weighted by atomic mass is 16.6.